The summed E-state index contributed by atoms with van der Waals surface area (Å²) in [4.78, 5) is 4.28. The monoisotopic (exact) mass is 182 g/mol. The number of hydrogen-bond donors (Lipinski definition) is 2. The molecule has 1 fully saturated rings. The highest BCUT2D eigenvalue weighted by Crippen LogP contribution is 2.19. The third-order valence-electron chi connectivity index (χ3n) is 2.26. The van der Waals surface area contributed by atoms with E-state index in [0.717, 1.165) is 31.2 Å². The Hall–Kier alpha value is -0.940. The van der Waals surface area contributed by atoms with Crippen LogP contribution in [0.5, 0.6) is 0 Å². The zero-order valence-corrected chi connectivity index (χ0v) is 7.49. The molecular formula is C8H14N4O. The van der Waals surface area contributed by atoms with Crippen molar-refractivity contribution in [2.75, 3.05) is 19.6 Å². The minimum Gasteiger partial charge on any atom is -0.339 e. The lowest BCUT2D eigenvalue weighted by molar-refractivity contribution is 0.354. The summed E-state index contributed by atoms with van der Waals surface area (Å²) in [7, 11) is 0. The third-order valence-corrected chi connectivity index (χ3v) is 2.26. The molecule has 2 heterocycles. The molecule has 0 radical (unpaired) electrons. The van der Waals surface area contributed by atoms with Crippen LogP contribution in [0, 0.1) is 0 Å². The molecule has 1 atom stereocenters. The Morgan fingerprint density at radius 1 is 1.62 bits per heavy atom. The Morgan fingerprint density at radius 3 is 3.23 bits per heavy atom. The summed E-state index contributed by atoms with van der Waals surface area (Å²) in [6, 6.07) is 0. The van der Waals surface area contributed by atoms with E-state index in [0.29, 0.717) is 18.9 Å². The molecule has 1 aromatic rings. The first-order chi connectivity index (χ1) is 6.40. The zero-order valence-electron chi connectivity index (χ0n) is 7.49. The van der Waals surface area contributed by atoms with E-state index in [2.05, 4.69) is 15.5 Å². The van der Waals surface area contributed by atoms with Crippen LogP contribution in [0.3, 0.4) is 0 Å². The van der Waals surface area contributed by atoms with E-state index in [4.69, 9.17) is 10.3 Å². The molecule has 0 bridgehead atoms. The second kappa shape index (κ2) is 3.85. The first-order valence-corrected chi connectivity index (χ1v) is 4.63. The maximum Gasteiger partial charge on any atom is 0.231 e. The lowest BCUT2D eigenvalue weighted by Crippen LogP contribution is -2.08. The predicted molar refractivity (Wildman–Crippen MR) is 47.3 cm³/mol. The van der Waals surface area contributed by atoms with Crippen LogP contribution >= 0.6 is 0 Å². The van der Waals surface area contributed by atoms with E-state index in [1.807, 2.05) is 0 Å². The van der Waals surface area contributed by atoms with E-state index in [1.54, 1.807) is 0 Å². The molecule has 2 rings (SSSR count). The fraction of sp³-hybridized carbons (Fsp3) is 0.750. The van der Waals surface area contributed by atoms with E-state index in [1.165, 1.54) is 0 Å². The Balaban J connectivity index is 2.03. The molecule has 1 aromatic heterocycles. The second-order valence-electron chi connectivity index (χ2n) is 3.28. The largest absolute Gasteiger partial charge is 0.339 e. The summed E-state index contributed by atoms with van der Waals surface area (Å²) < 4.78 is 5.14. The Kier molecular flexibility index (Phi) is 2.56. The van der Waals surface area contributed by atoms with Crippen LogP contribution in [-0.2, 0) is 6.42 Å². The second-order valence-corrected chi connectivity index (χ2v) is 3.28. The smallest absolute Gasteiger partial charge is 0.231 e. The van der Waals surface area contributed by atoms with Crippen LogP contribution in [0.15, 0.2) is 4.52 Å². The Morgan fingerprint density at radius 2 is 2.54 bits per heavy atom. The summed E-state index contributed by atoms with van der Waals surface area (Å²) >= 11 is 0. The van der Waals surface area contributed by atoms with Crippen LogP contribution in [0.4, 0.5) is 0 Å². The highest BCUT2D eigenvalue weighted by Gasteiger charge is 2.22. The van der Waals surface area contributed by atoms with Crippen molar-refractivity contribution in [2.24, 2.45) is 5.73 Å². The molecule has 0 aromatic carbocycles. The van der Waals surface area contributed by atoms with E-state index in [-0.39, 0.29) is 0 Å². The van der Waals surface area contributed by atoms with E-state index >= 15 is 0 Å². The highest BCUT2D eigenvalue weighted by atomic mass is 16.5. The van der Waals surface area contributed by atoms with Gasteiger partial charge in [-0.15, -0.1) is 0 Å². The van der Waals surface area contributed by atoms with Gasteiger partial charge in [-0.2, -0.15) is 4.98 Å². The standard InChI is InChI=1S/C8H14N4O/c9-3-1-7-11-8(13-12-7)6-2-4-10-5-6/h6,10H,1-5,9H2. The molecule has 0 saturated carbocycles. The van der Waals surface area contributed by atoms with Crippen molar-refractivity contribution in [3.05, 3.63) is 11.7 Å². The van der Waals surface area contributed by atoms with Crippen LogP contribution in [0.25, 0.3) is 0 Å². The summed E-state index contributed by atoms with van der Waals surface area (Å²) in [5.74, 6) is 1.89. The van der Waals surface area contributed by atoms with Gasteiger partial charge in [0.1, 0.15) is 0 Å². The normalized spacial score (nSPS) is 22.4. The summed E-state index contributed by atoms with van der Waals surface area (Å²) in [6.45, 7) is 2.56. The highest BCUT2D eigenvalue weighted by molar-refractivity contribution is 4.98. The third kappa shape index (κ3) is 1.87. The molecule has 1 aliphatic rings. The van der Waals surface area contributed by atoms with Crippen molar-refractivity contribution in [1.82, 2.24) is 15.5 Å². The van der Waals surface area contributed by atoms with Gasteiger partial charge in [-0.3, -0.25) is 0 Å². The Bertz CT molecular complexity index is 267. The minimum absolute atomic E-state index is 0.402. The molecule has 1 unspecified atom stereocenters. The molecule has 5 nitrogen and oxygen atoms in total. The lowest BCUT2D eigenvalue weighted by atomic mass is 10.1. The molecule has 1 aliphatic heterocycles. The maximum atomic E-state index is 5.39. The molecule has 72 valence electrons. The van der Waals surface area contributed by atoms with Crippen LogP contribution in [-0.4, -0.2) is 29.8 Å². The molecule has 5 heteroatoms. The van der Waals surface area contributed by atoms with E-state index in [9.17, 15) is 0 Å². The number of hydrogen-bond acceptors (Lipinski definition) is 5. The summed E-state index contributed by atoms with van der Waals surface area (Å²) in [5, 5.41) is 7.12. The molecule has 0 amide bonds. The van der Waals surface area contributed by atoms with Crippen molar-refractivity contribution < 1.29 is 4.52 Å². The van der Waals surface area contributed by atoms with Gasteiger partial charge in [0.2, 0.25) is 5.89 Å². The van der Waals surface area contributed by atoms with Gasteiger partial charge in [-0.25, -0.2) is 0 Å². The number of rotatable bonds is 3. The average molecular weight is 182 g/mol. The first-order valence-electron chi connectivity index (χ1n) is 4.63. The average Bonchev–Trinajstić information content (AvgIpc) is 2.70. The molecule has 0 aliphatic carbocycles. The van der Waals surface area contributed by atoms with Gasteiger partial charge in [-0.05, 0) is 19.5 Å². The topological polar surface area (TPSA) is 77.0 Å². The summed E-state index contributed by atoms with van der Waals surface area (Å²) in [6.07, 6.45) is 1.79. The minimum atomic E-state index is 0.402. The summed E-state index contributed by atoms with van der Waals surface area (Å²) in [5.41, 5.74) is 5.39. The van der Waals surface area contributed by atoms with Crippen LogP contribution in [0.1, 0.15) is 24.1 Å². The molecule has 0 spiro atoms. The zero-order chi connectivity index (χ0) is 9.10. The van der Waals surface area contributed by atoms with Gasteiger partial charge in [0.05, 0.1) is 5.92 Å². The quantitative estimate of drug-likeness (QED) is 0.668. The van der Waals surface area contributed by atoms with Gasteiger partial charge in [0.15, 0.2) is 5.82 Å². The van der Waals surface area contributed by atoms with Crippen LogP contribution in [0.2, 0.25) is 0 Å². The van der Waals surface area contributed by atoms with Crippen molar-refractivity contribution >= 4 is 0 Å². The van der Waals surface area contributed by atoms with Crippen molar-refractivity contribution in [3.8, 4) is 0 Å². The van der Waals surface area contributed by atoms with Crippen molar-refractivity contribution in [1.29, 1.82) is 0 Å². The lowest BCUT2D eigenvalue weighted by Gasteiger charge is -1.98. The maximum absolute atomic E-state index is 5.39. The number of nitrogens with two attached hydrogens (primary N) is 1. The fourth-order valence-electron chi connectivity index (χ4n) is 1.53. The van der Waals surface area contributed by atoms with Gasteiger partial charge in [-0.1, -0.05) is 5.16 Å². The van der Waals surface area contributed by atoms with Crippen molar-refractivity contribution in [2.45, 2.75) is 18.8 Å². The van der Waals surface area contributed by atoms with Crippen LogP contribution < -0.4 is 11.1 Å². The molecule has 3 N–H and O–H groups in total. The van der Waals surface area contributed by atoms with Gasteiger partial charge >= 0.3 is 0 Å². The Labute approximate surface area is 76.7 Å². The first kappa shape index (κ1) is 8.65. The fourth-order valence-corrected chi connectivity index (χ4v) is 1.53. The molecule has 13 heavy (non-hydrogen) atoms. The SMILES string of the molecule is NCCc1noc(C2CCNC2)n1. The number of nitrogens with one attached hydrogen (secondary N) is 1. The molecular weight excluding hydrogens is 168 g/mol. The number of aromatic nitrogens is 2. The van der Waals surface area contributed by atoms with Gasteiger partial charge in [0, 0.05) is 13.0 Å². The van der Waals surface area contributed by atoms with Crippen molar-refractivity contribution in [3.63, 3.8) is 0 Å². The van der Waals surface area contributed by atoms with Gasteiger partial charge < -0.3 is 15.6 Å². The van der Waals surface area contributed by atoms with E-state index < -0.39 is 0 Å². The number of nitrogens with zero attached hydrogens (tertiary/aromatic N) is 2. The van der Waals surface area contributed by atoms with Gasteiger partial charge in [0.25, 0.3) is 0 Å². The molecule has 1 saturated heterocycles. The predicted octanol–water partition coefficient (Wildman–Crippen LogP) is -0.352.